The van der Waals surface area contributed by atoms with Crippen LogP contribution in [0.2, 0.25) is 0 Å². The van der Waals surface area contributed by atoms with Gasteiger partial charge in [0.1, 0.15) is 0 Å². The maximum absolute atomic E-state index is 13.3. The number of hydrogen-bond acceptors (Lipinski definition) is 4. The standard InChI is InChI=1S/C26H29N3O4S/c1-18-14-15-23(34(32,33)28(3)4)17-24(18)26(31)29(5)19(2)21-12-9-13-22(16-21)27-25(30)20-10-7-6-8-11-20/h6-17,19H,1-5H3,(H,27,30)/t19-/m0/s1. The number of aryl methyl sites for hydroxylation is 1. The van der Waals surface area contributed by atoms with Gasteiger partial charge in [-0.05, 0) is 61.4 Å². The first-order valence-electron chi connectivity index (χ1n) is 10.8. The minimum atomic E-state index is -3.67. The van der Waals surface area contributed by atoms with Crippen molar-refractivity contribution < 1.29 is 18.0 Å². The molecule has 0 heterocycles. The van der Waals surface area contributed by atoms with Crippen LogP contribution in [-0.2, 0) is 10.0 Å². The molecule has 0 aliphatic carbocycles. The molecular formula is C26H29N3O4S. The van der Waals surface area contributed by atoms with E-state index in [1.165, 1.54) is 26.2 Å². The van der Waals surface area contributed by atoms with Gasteiger partial charge in [0.05, 0.1) is 10.9 Å². The first-order valence-corrected chi connectivity index (χ1v) is 12.2. The zero-order valence-electron chi connectivity index (χ0n) is 19.9. The molecule has 178 valence electrons. The van der Waals surface area contributed by atoms with E-state index in [1.54, 1.807) is 55.3 Å². The average molecular weight is 480 g/mol. The number of nitrogens with one attached hydrogen (secondary N) is 1. The molecule has 0 bridgehead atoms. The summed E-state index contributed by atoms with van der Waals surface area (Å²) in [5.41, 5.74) is 3.01. The van der Waals surface area contributed by atoms with Gasteiger partial charge >= 0.3 is 0 Å². The minimum Gasteiger partial charge on any atom is -0.335 e. The minimum absolute atomic E-state index is 0.0677. The van der Waals surface area contributed by atoms with Crippen molar-refractivity contribution in [3.63, 3.8) is 0 Å². The van der Waals surface area contributed by atoms with Crippen LogP contribution in [0.5, 0.6) is 0 Å². The van der Waals surface area contributed by atoms with Crippen LogP contribution in [0.4, 0.5) is 5.69 Å². The van der Waals surface area contributed by atoms with Crippen molar-refractivity contribution in [2.24, 2.45) is 0 Å². The van der Waals surface area contributed by atoms with Gasteiger partial charge in [-0.3, -0.25) is 9.59 Å². The molecule has 3 aromatic rings. The normalized spacial score (nSPS) is 12.3. The molecule has 0 aromatic heterocycles. The zero-order chi connectivity index (χ0) is 25.0. The van der Waals surface area contributed by atoms with Crippen molar-refractivity contribution in [2.75, 3.05) is 26.5 Å². The van der Waals surface area contributed by atoms with Crippen LogP contribution < -0.4 is 5.32 Å². The molecule has 1 atom stereocenters. The van der Waals surface area contributed by atoms with Crippen molar-refractivity contribution in [1.82, 2.24) is 9.21 Å². The molecule has 8 heteroatoms. The molecule has 3 rings (SSSR count). The van der Waals surface area contributed by atoms with Gasteiger partial charge in [0.25, 0.3) is 11.8 Å². The summed E-state index contributed by atoms with van der Waals surface area (Å²) < 4.78 is 26.2. The molecule has 0 spiro atoms. The molecule has 3 aromatic carbocycles. The van der Waals surface area contributed by atoms with E-state index < -0.39 is 10.0 Å². The molecule has 2 amide bonds. The Morgan fingerprint density at radius 1 is 0.882 bits per heavy atom. The largest absolute Gasteiger partial charge is 0.335 e. The molecule has 0 aliphatic rings. The molecule has 0 fully saturated rings. The number of rotatable bonds is 7. The lowest BCUT2D eigenvalue weighted by molar-refractivity contribution is 0.0741. The lowest BCUT2D eigenvalue weighted by Crippen LogP contribution is -2.30. The number of sulfonamides is 1. The SMILES string of the molecule is Cc1ccc(S(=O)(=O)N(C)C)cc1C(=O)N(C)[C@@H](C)c1cccc(NC(=O)c2ccccc2)c1. The third-order valence-electron chi connectivity index (χ3n) is 5.78. The fourth-order valence-electron chi connectivity index (χ4n) is 3.46. The molecule has 0 saturated carbocycles. The monoisotopic (exact) mass is 479 g/mol. The topological polar surface area (TPSA) is 86.8 Å². The van der Waals surface area contributed by atoms with Gasteiger partial charge in [0, 0.05) is 38.0 Å². The fraction of sp³-hybridized carbons (Fsp3) is 0.231. The van der Waals surface area contributed by atoms with Crippen LogP contribution >= 0.6 is 0 Å². The van der Waals surface area contributed by atoms with Gasteiger partial charge in [-0.15, -0.1) is 0 Å². The van der Waals surface area contributed by atoms with Crippen LogP contribution in [0.3, 0.4) is 0 Å². The lowest BCUT2D eigenvalue weighted by atomic mass is 10.0. The summed E-state index contributed by atoms with van der Waals surface area (Å²) >= 11 is 0. The number of benzene rings is 3. The Morgan fingerprint density at radius 2 is 1.56 bits per heavy atom. The summed E-state index contributed by atoms with van der Waals surface area (Å²) in [6.45, 7) is 3.66. The van der Waals surface area contributed by atoms with E-state index in [9.17, 15) is 18.0 Å². The zero-order valence-corrected chi connectivity index (χ0v) is 20.8. The van der Waals surface area contributed by atoms with E-state index in [4.69, 9.17) is 0 Å². The van der Waals surface area contributed by atoms with Gasteiger partial charge in [-0.25, -0.2) is 12.7 Å². The van der Waals surface area contributed by atoms with Gasteiger partial charge in [0.2, 0.25) is 10.0 Å². The molecule has 0 unspecified atom stereocenters. The quantitative estimate of drug-likeness (QED) is 0.546. The Bertz CT molecular complexity index is 1300. The molecular weight excluding hydrogens is 450 g/mol. The highest BCUT2D eigenvalue weighted by atomic mass is 32.2. The maximum Gasteiger partial charge on any atom is 0.255 e. The Hall–Kier alpha value is -3.49. The predicted molar refractivity (Wildman–Crippen MR) is 133 cm³/mol. The van der Waals surface area contributed by atoms with Gasteiger partial charge in [-0.1, -0.05) is 36.4 Å². The summed E-state index contributed by atoms with van der Waals surface area (Å²) in [5, 5.41) is 2.88. The van der Waals surface area contributed by atoms with E-state index in [2.05, 4.69) is 5.32 Å². The number of anilines is 1. The third kappa shape index (κ3) is 5.35. The summed E-state index contributed by atoms with van der Waals surface area (Å²) in [5.74, 6) is -0.510. The highest BCUT2D eigenvalue weighted by Crippen LogP contribution is 2.26. The Balaban J connectivity index is 1.83. The average Bonchev–Trinajstić information content (AvgIpc) is 2.83. The summed E-state index contributed by atoms with van der Waals surface area (Å²) in [4.78, 5) is 27.4. The van der Waals surface area contributed by atoms with Gasteiger partial charge in [-0.2, -0.15) is 0 Å². The second-order valence-electron chi connectivity index (χ2n) is 8.30. The predicted octanol–water partition coefficient (Wildman–Crippen LogP) is 4.33. The van der Waals surface area contributed by atoms with Crippen LogP contribution in [0, 0.1) is 6.92 Å². The molecule has 7 nitrogen and oxygen atoms in total. The first-order chi connectivity index (χ1) is 16.0. The van der Waals surface area contributed by atoms with Crippen LogP contribution in [0.15, 0.2) is 77.7 Å². The van der Waals surface area contributed by atoms with Crippen LogP contribution in [-0.4, -0.2) is 50.6 Å². The molecule has 0 aliphatic heterocycles. The lowest BCUT2D eigenvalue weighted by Gasteiger charge is -2.27. The van der Waals surface area contributed by atoms with E-state index in [-0.39, 0.29) is 22.8 Å². The Labute approximate surface area is 201 Å². The summed E-state index contributed by atoms with van der Waals surface area (Å²) in [7, 11) is 0.916. The van der Waals surface area contributed by atoms with Crippen molar-refractivity contribution in [2.45, 2.75) is 24.8 Å². The molecule has 0 saturated heterocycles. The van der Waals surface area contributed by atoms with Crippen molar-refractivity contribution in [3.05, 3.63) is 95.1 Å². The highest BCUT2D eigenvalue weighted by Gasteiger charge is 2.24. The highest BCUT2D eigenvalue weighted by molar-refractivity contribution is 7.89. The van der Waals surface area contributed by atoms with Gasteiger partial charge in [0.15, 0.2) is 0 Å². The van der Waals surface area contributed by atoms with Crippen molar-refractivity contribution in [3.8, 4) is 0 Å². The van der Waals surface area contributed by atoms with Crippen LogP contribution in [0.25, 0.3) is 0 Å². The van der Waals surface area contributed by atoms with E-state index in [1.807, 2.05) is 31.2 Å². The maximum atomic E-state index is 13.3. The summed E-state index contributed by atoms with van der Waals surface area (Å²) in [6.07, 6.45) is 0. The molecule has 0 radical (unpaired) electrons. The Morgan fingerprint density at radius 3 is 2.21 bits per heavy atom. The smallest absolute Gasteiger partial charge is 0.255 e. The Kier molecular flexibility index (Phi) is 7.54. The molecule has 1 N–H and O–H groups in total. The molecule has 34 heavy (non-hydrogen) atoms. The van der Waals surface area contributed by atoms with E-state index in [0.29, 0.717) is 22.4 Å². The van der Waals surface area contributed by atoms with Crippen molar-refractivity contribution >= 4 is 27.5 Å². The van der Waals surface area contributed by atoms with Gasteiger partial charge < -0.3 is 10.2 Å². The van der Waals surface area contributed by atoms with E-state index >= 15 is 0 Å². The summed E-state index contributed by atoms with van der Waals surface area (Å²) in [6, 6.07) is 20.5. The van der Waals surface area contributed by atoms with Crippen molar-refractivity contribution in [1.29, 1.82) is 0 Å². The number of hydrogen-bond donors (Lipinski definition) is 1. The number of nitrogens with zero attached hydrogens (tertiary/aromatic N) is 2. The fourth-order valence-corrected chi connectivity index (χ4v) is 4.39. The third-order valence-corrected chi connectivity index (χ3v) is 7.59. The first kappa shape index (κ1) is 25.1. The van der Waals surface area contributed by atoms with E-state index in [0.717, 1.165) is 9.87 Å². The van der Waals surface area contributed by atoms with Crippen LogP contribution in [0.1, 0.15) is 44.8 Å². The number of carbonyl (C=O) groups is 2. The number of amides is 2. The second kappa shape index (κ2) is 10.2. The second-order valence-corrected chi connectivity index (χ2v) is 10.5. The number of carbonyl (C=O) groups excluding carboxylic acids is 2.